The summed E-state index contributed by atoms with van der Waals surface area (Å²) in [7, 11) is -1.50. The Morgan fingerprint density at radius 3 is 1.86 bits per heavy atom. The molecule has 0 heterocycles. The molecule has 0 aliphatic carbocycles. The van der Waals surface area contributed by atoms with Gasteiger partial charge >= 0.3 is 25.8 Å². The minimum atomic E-state index is -6.34. The lowest BCUT2D eigenvalue weighted by Gasteiger charge is -2.27. The maximum absolute atomic E-state index is 13.0. The van der Waals surface area contributed by atoms with Crippen LogP contribution in [-0.2, 0) is 14.0 Å². The number of halogens is 7. The van der Waals surface area contributed by atoms with Crippen molar-refractivity contribution in [1.82, 2.24) is 0 Å². The zero-order valence-corrected chi connectivity index (χ0v) is 17.3. The third-order valence-electron chi connectivity index (χ3n) is 4.22. The molecule has 0 aromatic carbocycles. The van der Waals surface area contributed by atoms with Gasteiger partial charge in [-0.2, -0.15) is 30.7 Å². The van der Waals surface area contributed by atoms with Crippen LogP contribution in [-0.4, -0.2) is 49.3 Å². The van der Waals surface area contributed by atoms with E-state index in [1.54, 1.807) is 0 Å². The largest absolute Gasteiger partial charge is 0.459 e. The SMILES string of the molecule is CCCC(C)(OCCCCCCOCC(F)(F)C(F)(F)C(F)(F)F)[P+](=O)CC. The van der Waals surface area contributed by atoms with E-state index < -0.39 is 37.8 Å². The first-order chi connectivity index (χ1) is 12.7. The smallest absolute Gasteiger partial charge is 0.375 e. The fourth-order valence-corrected chi connectivity index (χ4v) is 3.89. The van der Waals surface area contributed by atoms with Gasteiger partial charge in [-0.3, -0.25) is 0 Å². The summed E-state index contributed by atoms with van der Waals surface area (Å²) in [4.78, 5) is 0. The molecule has 0 amide bonds. The van der Waals surface area contributed by atoms with E-state index in [0.717, 1.165) is 6.42 Å². The van der Waals surface area contributed by atoms with Gasteiger partial charge in [-0.25, -0.2) is 0 Å². The van der Waals surface area contributed by atoms with Crippen molar-refractivity contribution in [2.75, 3.05) is 26.0 Å². The zero-order valence-electron chi connectivity index (χ0n) is 16.4. The number of rotatable bonds is 15. The molecule has 168 valence electrons. The molecule has 2 unspecified atom stereocenters. The van der Waals surface area contributed by atoms with Crippen molar-refractivity contribution < 1.29 is 44.8 Å². The summed E-state index contributed by atoms with van der Waals surface area (Å²) in [5.74, 6) is -11.5. The standard InChI is InChI=1S/C17H29F7O3P/c1-4-10-14(3,28(25)5-2)27-12-9-7-6-8-11-26-13-15(18,19)16(20,21)17(22,23)24/h4-13H2,1-3H3/q+1. The Kier molecular flexibility index (Phi) is 11.5. The van der Waals surface area contributed by atoms with E-state index in [1.807, 2.05) is 20.8 Å². The molecule has 28 heavy (non-hydrogen) atoms. The first-order valence-corrected chi connectivity index (χ1v) is 10.7. The van der Waals surface area contributed by atoms with Crippen molar-refractivity contribution in [3.05, 3.63) is 0 Å². The van der Waals surface area contributed by atoms with E-state index in [-0.39, 0.29) is 13.0 Å². The van der Waals surface area contributed by atoms with E-state index in [2.05, 4.69) is 4.74 Å². The molecule has 0 saturated carbocycles. The minimum absolute atomic E-state index is 0.239. The Morgan fingerprint density at radius 2 is 1.39 bits per heavy atom. The highest BCUT2D eigenvalue weighted by Gasteiger charge is 2.72. The fourth-order valence-electron chi connectivity index (χ4n) is 2.52. The summed E-state index contributed by atoms with van der Waals surface area (Å²) < 4.78 is 109. The van der Waals surface area contributed by atoms with Gasteiger partial charge in [-0.1, -0.05) is 24.3 Å². The molecule has 0 N–H and O–H groups in total. The van der Waals surface area contributed by atoms with Gasteiger partial charge in [0.25, 0.3) is 5.34 Å². The molecule has 0 aromatic rings. The predicted molar refractivity (Wildman–Crippen MR) is 92.6 cm³/mol. The highest BCUT2D eigenvalue weighted by Crippen LogP contribution is 2.46. The Labute approximate surface area is 162 Å². The van der Waals surface area contributed by atoms with Crippen LogP contribution in [0.25, 0.3) is 0 Å². The van der Waals surface area contributed by atoms with Crippen LogP contribution in [0.1, 0.15) is 59.3 Å². The minimum Gasteiger partial charge on any atom is -0.375 e. The molecule has 0 aliphatic heterocycles. The van der Waals surface area contributed by atoms with Crippen LogP contribution in [0, 0.1) is 0 Å². The van der Waals surface area contributed by atoms with Crippen LogP contribution in [0.2, 0.25) is 0 Å². The second-order valence-corrected chi connectivity index (χ2v) is 9.05. The van der Waals surface area contributed by atoms with Gasteiger partial charge in [0.05, 0.1) is 6.61 Å². The molecule has 0 aromatic heterocycles. The van der Waals surface area contributed by atoms with Crippen molar-refractivity contribution in [3.63, 3.8) is 0 Å². The van der Waals surface area contributed by atoms with Gasteiger partial charge in [0.2, 0.25) is 0 Å². The van der Waals surface area contributed by atoms with Gasteiger partial charge in [0.15, 0.2) is 0 Å². The normalized spacial score (nSPS) is 16.1. The molecular formula is C17H29F7O3P+. The van der Waals surface area contributed by atoms with Crippen LogP contribution in [0.4, 0.5) is 30.7 Å². The van der Waals surface area contributed by atoms with Crippen LogP contribution >= 0.6 is 7.80 Å². The molecule has 2 atom stereocenters. The van der Waals surface area contributed by atoms with E-state index in [0.29, 0.717) is 38.5 Å². The second-order valence-electron chi connectivity index (χ2n) is 6.71. The highest BCUT2D eigenvalue weighted by atomic mass is 31.1. The highest BCUT2D eigenvalue weighted by molar-refractivity contribution is 7.46. The molecule has 3 nitrogen and oxygen atoms in total. The van der Waals surface area contributed by atoms with E-state index >= 15 is 0 Å². The maximum atomic E-state index is 13.0. The monoisotopic (exact) mass is 445 g/mol. The lowest BCUT2D eigenvalue weighted by Crippen LogP contribution is -2.54. The summed E-state index contributed by atoms with van der Waals surface area (Å²) in [5, 5.41) is -0.683. The molecule has 0 rings (SSSR count). The summed E-state index contributed by atoms with van der Waals surface area (Å²) >= 11 is 0. The van der Waals surface area contributed by atoms with Gasteiger partial charge < -0.3 is 9.47 Å². The zero-order chi connectivity index (χ0) is 22.1. The molecular weight excluding hydrogens is 416 g/mol. The average molecular weight is 445 g/mol. The summed E-state index contributed by atoms with van der Waals surface area (Å²) in [6.45, 7) is 3.62. The number of hydrogen-bond acceptors (Lipinski definition) is 3. The second kappa shape index (κ2) is 11.6. The third-order valence-corrected chi connectivity index (χ3v) is 6.21. The van der Waals surface area contributed by atoms with Crippen molar-refractivity contribution in [1.29, 1.82) is 0 Å². The van der Waals surface area contributed by atoms with Gasteiger partial charge in [0, 0.05) is 20.0 Å². The number of ether oxygens (including phenoxy) is 2. The first kappa shape index (κ1) is 27.5. The number of alkyl halides is 7. The summed E-state index contributed by atoms with van der Waals surface area (Å²) in [5.41, 5.74) is 0. The van der Waals surface area contributed by atoms with Crippen molar-refractivity contribution >= 4 is 7.80 Å². The molecule has 0 saturated heterocycles. The van der Waals surface area contributed by atoms with Crippen LogP contribution in [0.15, 0.2) is 0 Å². The summed E-state index contributed by atoms with van der Waals surface area (Å²) in [6.07, 6.45) is -2.33. The lowest BCUT2D eigenvalue weighted by molar-refractivity contribution is -0.361. The molecule has 0 bridgehead atoms. The topological polar surface area (TPSA) is 35.5 Å². The van der Waals surface area contributed by atoms with Crippen LogP contribution < -0.4 is 0 Å². The van der Waals surface area contributed by atoms with Crippen molar-refractivity contribution in [3.8, 4) is 0 Å². The van der Waals surface area contributed by atoms with Crippen LogP contribution in [0.3, 0.4) is 0 Å². The Morgan fingerprint density at radius 1 is 0.857 bits per heavy atom. The molecule has 11 heteroatoms. The van der Waals surface area contributed by atoms with Crippen molar-refractivity contribution in [2.24, 2.45) is 0 Å². The molecule has 0 fully saturated rings. The summed E-state index contributed by atoms with van der Waals surface area (Å²) in [6, 6.07) is 0. The van der Waals surface area contributed by atoms with Gasteiger partial charge in [0.1, 0.15) is 12.8 Å². The number of hydrogen-bond donors (Lipinski definition) is 0. The van der Waals surface area contributed by atoms with E-state index in [1.165, 1.54) is 0 Å². The van der Waals surface area contributed by atoms with E-state index in [9.17, 15) is 35.3 Å². The van der Waals surface area contributed by atoms with Crippen molar-refractivity contribution in [2.45, 2.75) is 82.7 Å². The lowest BCUT2D eigenvalue weighted by atomic mass is 10.1. The third kappa shape index (κ3) is 8.11. The van der Waals surface area contributed by atoms with Gasteiger partial charge in [-0.05, 0) is 26.2 Å². The quantitative estimate of drug-likeness (QED) is 0.158. The maximum Gasteiger partial charge on any atom is 0.459 e. The predicted octanol–water partition coefficient (Wildman–Crippen LogP) is 6.78. The fraction of sp³-hybridized carbons (Fsp3) is 1.00. The van der Waals surface area contributed by atoms with Crippen LogP contribution in [0.5, 0.6) is 0 Å². The Balaban J connectivity index is 4.04. The number of unbranched alkanes of at least 4 members (excludes halogenated alkanes) is 3. The van der Waals surface area contributed by atoms with Gasteiger partial charge in [-0.15, -0.1) is 0 Å². The molecule has 0 radical (unpaired) electrons. The average Bonchev–Trinajstić information content (AvgIpc) is 2.58. The van der Waals surface area contributed by atoms with E-state index in [4.69, 9.17) is 4.74 Å². The Hall–Kier alpha value is -0.470. The molecule has 0 aliphatic rings. The molecule has 0 spiro atoms. The first-order valence-electron chi connectivity index (χ1n) is 9.24. The Bertz CT molecular complexity index is 472.